The van der Waals surface area contributed by atoms with Gasteiger partial charge in [0.25, 0.3) is 0 Å². The van der Waals surface area contributed by atoms with Crippen LogP contribution in [0.1, 0.15) is 107 Å². The van der Waals surface area contributed by atoms with Crippen molar-refractivity contribution in [3.8, 4) is 34.5 Å². The second-order valence-electron chi connectivity index (χ2n) is 15.9. The zero-order chi connectivity index (χ0) is 40.6. The maximum atomic E-state index is 11.3. The summed E-state index contributed by atoms with van der Waals surface area (Å²) < 4.78 is 0. The molecule has 6 rings (SSSR count). The fraction of sp³-hybridized carbons (Fsp3) is 0.259. The Labute approximate surface area is 402 Å². The Morgan fingerprint density at radius 2 is 0.516 bits per heavy atom. The van der Waals surface area contributed by atoms with E-state index in [0.717, 1.165) is 101 Å². The normalized spacial score (nSPS) is 10.3. The van der Waals surface area contributed by atoms with E-state index in [4.69, 9.17) is 0 Å². The quantitative estimate of drug-likeness (QED) is 0.0569. The molecule has 6 nitrogen and oxygen atoms in total. The number of hydrogen-bond donors (Lipinski definition) is 6. The average Bonchev–Trinajstić information content (AvgIpc) is 3.13. The standard InChI is InChI=1S/C50H54O6.4CH3.2Ti/c1-9-34-12-29(4)48(54)42(18-34)26-43-20-36(14-31(6)49(43)55)17-35-13-30(5)46(52)40(19-35)21-37-15-32(7)47(53)41(22-37)23-38-16-33(8)50(56)44(24-38)25-39-11-27(2)10-28(3)45(39)51;;;;;;/h10-16,18-20,22,24,51-56H,9,17,21,23,25-26H2,1-8H3;4*1H3;;/q;4*-1;2*+2. The van der Waals surface area contributed by atoms with Gasteiger partial charge in [0.15, 0.2) is 0 Å². The van der Waals surface area contributed by atoms with Crippen molar-refractivity contribution in [1.29, 1.82) is 0 Å². The number of phenols is 6. The van der Waals surface area contributed by atoms with E-state index in [9.17, 15) is 30.6 Å². The fourth-order valence-electron chi connectivity index (χ4n) is 8.22. The van der Waals surface area contributed by atoms with Gasteiger partial charge in [0.05, 0.1) is 0 Å². The van der Waals surface area contributed by atoms with E-state index in [1.165, 1.54) is 0 Å². The Kier molecular flexibility index (Phi) is 22.1. The van der Waals surface area contributed by atoms with Crippen LogP contribution in [0.5, 0.6) is 34.5 Å². The molecule has 0 heterocycles. The molecule has 0 spiro atoms. The Hall–Kier alpha value is -4.45. The van der Waals surface area contributed by atoms with Gasteiger partial charge < -0.3 is 60.3 Å². The van der Waals surface area contributed by atoms with Crippen LogP contribution in [0.2, 0.25) is 0 Å². The number of rotatable bonds is 11. The summed E-state index contributed by atoms with van der Waals surface area (Å²) in [6.45, 7) is 15.4. The molecule has 6 aromatic carbocycles. The number of aryl methyl sites for hydroxylation is 8. The van der Waals surface area contributed by atoms with E-state index < -0.39 is 0 Å². The van der Waals surface area contributed by atoms with Crippen molar-refractivity contribution >= 4 is 0 Å². The van der Waals surface area contributed by atoms with Crippen LogP contribution in [-0.2, 0) is 82.0 Å². The molecule has 0 saturated heterocycles. The molecule has 0 fully saturated rings. The predicted octanol–water partition coefficient (Wildman–Crippen LogP) is 12.4. The minimum atomic E-state index is 0. The molecule has 0 bridgehead atoms. The number of aromatic hydroxyl groups is 6. The van der Waals surface area contributed by atoms with Crippen molar-refractivity contribution in [3.05, 3.63) is 203 Å². The van der Waals surface area contributed by atoms with Crippen molar-refractivity contribution in [3.63, 3.8) is 0 Å². The third-order valence-electron chi connectivity index (χ3n) is 11.1. The molecule has 0 unspecified atom stereocenters. The van der Waals surface area contributed by atoms with Crippen LogP contribution < -0.4 is 0 Å². The van der Waals surface area contributed by atoms with Crippen LogP contribution in [0.4, 0.5) is 0 Å². The first-order valence-corrected chi connectivity index (χ1v) is 19.4. The first kappa shape index (κ1) is 57.5. The summed E-state index contributed by atoms with van der Waals surface area (Å²) >= 11 is 0. The van der Waals surface area contributed by atoms with Crippen LogP contribution in [0, 0.1) is 78.2 Å². The molecule has 0 amide bonds. The molecule has 0 aromatic heterocycles. The van der Waals surface area contributed by atoms with Crippen LogP contribution in [-0.4, -0.2) is 30.6 Å². The molecular weight excluding hydrogens is 840 g/mol. The van der Waals surface area contributed by atoms with Crippen LogP contribution >= 0.6 is 0 Å². The zero-order valence-corrected chi connectivity index (χ0v) is 42.0. The van der Waals surface area contributed by atoms with E-state index in [1.807, 2.05) is 121 Å². The topological polar surface area (TPSA) is 121 Å². The van der Waals surface area contributed by atoms with E-state index >= 15 is 0 Å². The summed E-state index contributed by atoms with van der Waals surface area (Å²) in [4.78, 5) is 0. The number of hydrogen-bond acceptors (Lipinski definition) is 6. The molecule has 326 valence electrons. The molecule has 0 saturated carbocycles. The van der Waals surface area contributed by atoms with Gasteiger partial charge in [0.1, 0.15) is 34.5 Å². The van der Waals surface area contributed by atoms with E-state index in [1.54, 1.807) is 0 Å². The minimum absolute atomic E-state index is 0. The first-order chi connectivity index (χ1) is 26.5. The van der Waals surface area contributed by atoms with E-state index in [2.05, 4.69) is 6.92 Å². The molecule has 8 heteroatoms. The van der Waals surface area contributed by atoms with Gasteiger partial charge in [0, 0.05) is 25.7 Å². The van der Waals surface area contributed by atoms with Gasteiger partial charge in [-0.2, -0.15) is 0 Å². The smallest absolute Gasteiger partial charge is 0.507 e. The monoisotopic (exact) mass is 906 g/mol. The second-order valence-corrected chi connectivity index (χ2v) is 15.9. The SMILES string of the molecule is CCc1cc(C)c(O)c(Cc2cc(Cc3cc(C)c(O)c(Cc4cc(C)c(O)c(Cc5cc(C)c(O)c(Cc6cc(C)cc(C)c6O)c5)c4)c3)cc(C)c2O)c1.[CH3-].[CH3-].[CH3-].[CH3-].[Ti+2].[Ti+2]. The Morgan fingerprint density at radius 3 is 0.823 bits per heavy atom. The van der Waals surface area contributed by atoms with Crippen molar-refractivity contribution in [2.45, 2.75) is 93.9 Å². The molecule has 0 aliphatic rings. The summed E-state index contributed by atoms with van der Waals surface area (Å²) in [6.07, 6.45) is 3.10. The molecule has 6 N–H and O–H groups in total. The van der Waals surface area contributed by atoms with Gasteiger partial charge >= 0.3 is 43.4 Å². The molecular formula is C54H66O6Ti2. The van der Waals surface area contributed by atoms with Gasteiger partial charge in [-0.25, -0.2) is 0 Å². The van der Waals surface area contributed by atoms with Gasteiger partial charge in [-0.15, -0.1) is 0 Å². The summed E-state index contributed by atoms with van der Waals surface area (Å²) in [5, 5.41) is 66.2. The van der Waals surface area contributed by atoms with Crippen molar-refractivity contribution in [2.75, 3.05) is 0 Å². The van der Waals surface area contributed by atoms with E-state index in [0.29, 0.717) is 37.7 Å². The maximum Gasteiger partial charge on any atom is 2.00 e. The second kappa shape index (κ2) is 23.8. The maximum absolute atomic E-state index is 11.3. The molecule has 0 aliphatic carbocycles. The molecule has 0 radical (unpaired) electrons. The third-order valence-corrected chi connectivity index (χ3v) is 11.1. The Bertz CT molecular complexity index is 2490. The van der Waals surface area contributed by atoms with Gasteiger partial charge in [-0.1, -0.05) is 85.3 Å². The average molecular weight is 907 g/mol. The Morgan fingerprint density at radius 1 is 0.290 bits per heavy atom. The predicted molar refractivity (Wildman–Crippen MR) is 251 cm³/mol. The molecule has 0 aliphatic heterocycles. The molecule has 62 heavy (non-hydrogen) atoms. The molecule has 6 aromatic rings. The summed E-state index contributed by atoms with van der Waals surface area (Å²) in [6, 6.07) is 23.7. The zero-order valence-electron chi connectivity index (χ0n) is 38.9. The van der Waals surface area contributed by atoms with Crippen molar-refractivity contribution < 1.29 is 74.1 Å². The Balaban J connectivity index is 0.00000620. The van der Waals surface area contributed by atoms with Crippen molar-refractivity contribution in [1.82, 2.24) is 0 Å². The van der Waals surface area contributed by atoms with Gasteiger partial charge in [-0.05, 0) is 156 Å². The summed E-state index contributed by atoms with van der Waals surface area (Å²) in [5.41, 5.74) is 15.2. The van der Waals surface area contributed by atoms with Gasteiger partial charge in [-0.3, -0.25) is 0 Å². The third kappa shape index (κ3) is 12.8. The fourth-order valence-corrected chi connectivity index (χ4v) is 8.22. The largest absolute Gasteiger partial charge is 2.00 e. The number of phenolic OH excluding ortho intramolecular Hbond substituents is 6. The summed E-state index contributed by atoms with van der Waals surface area (Å²) in [7, 11) is 0. The summed E-state index contributed by atoms with van der Waals surface area (Å²) in [5.74, 6) is 1.36. The van der Waals surface area contributed by atoms with Crippen molar-refractivity contribution in [2.24, 2.45) is 0 Å². The van der Waals surface area contributed by atoms with Crippen LogP contribution in [0.3, 0.4) is 0 Å². The van der Waals surface area contributed by atoms with Crippen LogP contribution in [0.15, 0.2) is 72.8 Å². The van der Waals surface area contributed by atoms with Gasteiger partial charge in [0.2, 0.25) is 0 Å². The molecule has 0 atom stereocenters. The first-order valence-electron chi connectivity index (χ1n) is 19.4. The van der Waals surface area contributed by atoms with E-state index in [-0.39, 0.29) is 108 Å². The van der Waals surface area contributed by atoms with Crippen LogP contribution in [0.25, 0.3) is 0 Å². The minimum Gasteiger partial charge on any atom is -0.507 e. The number of benzene rings is 6.